The van der Waals surface area contributed by atoms with E-state index in [0.29, 0.717) is 0 Å². The Hall–Kier alpha value is -1.17. The van der Waals surface area contributed by atoms with Crippen LogP contribution >= 0.6 is 0 Å². The Balaban J connectivity index is 3.24. The van der Waals surface area contributed by atoms with Gasteiger partial charge in [-0.15, -0.1) is 0 Å². The number of hydrogen-bond acceptors (Lipinski definition) is 3. The van der Waals surface area contributed by atoms with Crippen molar-refractivity contribution in [3.63, 3.8) is 0 Å². The fourth-order valence-corrected chi connectivity index (χ4v) is 2.13. The van der Waals surface area contributed by atoms with E-state index in [2.05, 4.69) is 5.32 Å². The standard InChI is InChI=1S/C10H13F2NO2S/c1-7(2)13-8-5-3-4-6-9(8)16(14,15)10(11)12/h3-7,10,13H,1-2H3. The second-order valence-electron chi connectivity index (χ2n) is 3.60. The summed E-state index contributed by atoms with van der Waals surface area (Å²) in [6, 6.07) is 5.62. The van der Waals surface area contributed by atoms with Crippen LogP contribution in [0.5, 0.6) is 0 Å². The van der Waals surface area contributed by atoms with Crippen LogP contribution in [0.1, 0.15) is 13.8 Å². The van der Waals surface area contributed by atoms with Gasteiger partial charge in [0.25, 0.3) is 0 Å². The number of hydrogen-bond donors (Lipinski definition) is 1. The maximum Gasteiger partial charge on any atom is 0.341 e. The van der Waals surface area contributed by atoms with Crippen molar-refractivity contribution in [2.75, 3.05) is 5.32 Å². The van der Waals surface area contributed by atoms with Gasteiger partial charge in [-0.25, -0.2) is 8.42 Å². The third-order valence-electron chi connectivity index (χ3n) is 1.87. The van der Waals surface area contributed by atoms with Gasteiger partial charge in [-0.3, -0.25) is 0 Å². The van der Waals surface area contributed by atoms with Gasteiger partial charge in [0.15, 0.2) is 0 Å². The lowest BCUT2D eigenvalue weighted by Crippen LogP contribution is -2.17. The Morgan fingerprint density at radius 1 is 1.19 bits per heavy atom. The first-order valence-electron chi connectivity index (χ1n) is 4.73. The van der Waals surface area contributed by atoms with Crippen LogP contribution in [0, 0.1) is 0 Å². The van der Waals surface area contributed by atoms with E-state index in [9.17, 15) is 17.2 Å². The van der Waals surface area contributed by atoms with Crippen LogP contribution in [0.15, 0.2) is 29.2 Å². The van der Waals surface area contributed by atoms with E-state index in [-0.39, 0.29) is 16.6 Å². The van der Waals surface area contributed by atoms with E-state index in [1.54, 1.807) is 19.9 Å². The van der Waals surface area contributed by atoms with Crippen molar-refractivity contribution in [2.24, 2.45) is 0 Å². The summed E-state index contributed by atoms with van der Waals surface area (Å²) >= 11 is 0. The van der Waals surface area contributed by atoms with Gasteiger partial charge in [0.05, 0.1) is 10.6 Å². The number of nitrogens with one attached hydrogen (secondary N) is 1. The summed E-state index contributed by atoms with van der Waals surface area (Å²) in [5, 5.41) is 2.82. The molecule has 0 spiro atoms. The molecule has 0 aliphatic heterocycles. The summed E-state index contributed by atoms with van der Waals surface area (Å²) < 4.78 is 47.5. The van der Waals surface area contributed by atoms with Gasteiger partial charge in [0.1, 0.15) is 0 Å². The van der Waals surface area contributed by atoms with E-state index < -0.39 is 15.6 Å². The highest BCUT2D eigenvalue weighted by Gasteiger charge is 2.28. The normalized spacial score (nSPS) is 12.1. The molecule has 1 rings (SSSR count). The molecular formula is C10H13F2NO2S. The number of anilines is 1. The van der Waals surface area contributed by atoms with E-state index in [1.807, 2.05) is 0 Å². The molecule has 3 nitrogen and oxygen atoms in total. The predicted molar refractivity (Wildman–Crippen MR) is 58.4 cm³/mol. The minimum absolute atomic E-state index is 0.0333. The largest absolute Gasteiger partial charge is 0.382 e. The molecule has 0 aliphatic carbocycles. The minimum Gasteiger partial charge on any atom is -0.382 e. The highest BCUT2D eigenvalue weighted by molar-refractivity contribution is 7.91. The lowest BCUT2D eigenvalue weighted by molar-refractivity contribution is 0.235. The van der Waals surface area contributed by atoms with Crippen molar-refractivity contribution in [1.82, 2.24) is 0 Å². The first-order chi connectivity index (χ1) is 7.35. The number of sulfone groups is 1. The monoisotopic (exact) mass is 249 g/mol. The molecule has 0 saturated heterocycles. The van der Waals surface area contributed by atoms with Crippen LogP contribution in [-0.2, 0) is 9.84 Å². The van der Waals surface area contributed by atoms with Gasteiger partial charge in [-0.1, -0.05) is 12.1 Å². The van der Waals surface area contributed by atoms with E-state index in [4.69, 9.17) is 0 Å². The molecule has 0 fully saturated rings. The topological polar surface area (TPSA) is 46.2 Å². The number of benzene rings is 1. The Labute approximate surface area is 93.4 Å². The third-order valence-corrected chi connectivity index (χ3v) is 3.31. The maximum absolute atomic E-state index is 12.4. The Morgan fingerprint density at radius 3 is 2.25 bits per heavy atom. The summed E-state index contributed by atoms with van der Waals surface area (Å²) in [5.74, 6) is -3.40. The molecule has 1 aromatic carbocycles. The zero-order valence-corrected chi connectivity index (χ0v) is 9.76. The van der Waals surface area contributed by atoms with E-state index in [1.165, 1.54) is 18.2 Å². The fraction of sp³-hybridized carbons (Fsp3) is 0.400. The van der Waals surface area contributed by atoms with Crippen LogP contribution < -0.4 is 5.32 Å². The van der Waals surface area contributed by atoms with Crippen LogP contribution in [0.3, 0.4) is 0 Å². The summed E-state index contributed by atoms with van der Waals surface area (Å²) in [6.07, 6.45) is 0. The van der Waals surface area contributed by atoms with Gasteiger partial charge in [-0.05, 0) is 26.0 Å². The molecule has 0 aromatic heterocycles. The molecule has 0 unspecified atom stereocenters. The SMILES string of the molecule is CC(C)Nc1ccccc1S(=O)(=O)C(F)F. The minimum atomic E-state index is -4.55. The number of rotatable bonds is 4. The smallest absolute Gasteiger partial charge is 0.341 e. The lowest BCUT2D eigenvalue weighted by atomic mass is 10.3. The van der Waals surface area contributed by atoms with Crippen molar-refractivity contribution >= 4 is 15.5 Å². The van der Waals surface area contributed by atoms with Crippen molar-refractivity contribution < 1.29 is 17.2 Å². The zero-order chi connectivity index (χ0) is 12.3. The Kier molecular flexibility index (Phi) is 3.85. The van der Waals surface area contributed by atoms with Crippen molar-refractivity contribution in [2.45, 2.75) is 30.5 Å². The Morgan fingerprint density at radius 2 is 1.75 bits per heavy atom. The molecule has 0 heterocycles. The maximum atomic E-state index is 12.4. The highest BCUT2D eigenvalue weighted by Crippen LogP contribution is 2.26. The number of alkyl halides is 2. The second kappa shape index (κ2) is 4.78. The van der Waals surface area contributed by atoms with Crippen LogP contribution in [0.2, 0.25) is 0 Å². The van der Waals surface area contributed by atoms with Gasteiger partial charge in [0, 0.05) is 6.04 Å². The molecule has 0 bridgehead atoms. The summed E-state index contributed by atoms with van der Waals surface area (Å²) in [7, 11) is -4.55. The molecule has 0 saturated carbocycles. The molecule has 1 N–H and O–H groups in total. The third kappa shape index (κ3) is 2.69. The predicted octanol–water partition coefficient (Wildman–Crippen LogP) is 2.50. The van der Waals surface area contributed by atoms with E-state index >= 15 is 0 Å². The summed E-state index contributed by atoms with van der Waals surface area (Å²) in [4.78, 5) is -0.362. The molecule has 1 aromatic rings. The van der Waals surface area contributed by atoms with Gasteiger partial charge < -0.3 is 5.32 Å². The summed E-state index contributed by atoms with van der Waals surface area (Å²) in [6.45, 7) is 3.59. The van der Waals surface area contributed by atoms with E-state index in [0.717, 1.165) is 0 Å². The van der Waals surface area contributed by atoms with Crippen LogP contribution in [0.4, 0.5) is 14.5 Å². The Bertz CT molecular complexity index is 458. The molecule has 0 radical (unpaired) electrons. The second-order valence-corrected chi connectivity index (χ2v) is 5.49. The average molecular weight is 249 g/mol. The first kappa shape index (κ1) is 12.9. The molecule has 0 amide bonds. The molecule has 0 atom stereocenters. The molecule has 16 heavy (non-hydrogen) atoms. The van der Waals surface area contributed by atoms with Crippen molar-refractivity contribution in [3.05, 3.63) is 24.3 Å². The first-order valence-corrected chi connectivity index (χ1v) is 6.28. The number of para-hydroxylation sites is 1. The lowest BCUT2D eigenvalue weighted by Gasteiger charge is -2.14. The molecule has 0 aliphatic rings. The van der Waals surface area contributed by atoms with Gasteiger partial charge >= 0.3 is 5.76 Å². The average Bonchev–Trinajstić information content (AvgIpc) is 2.17. The van der Waals surface area contributed by atoms with Crippen LogP contribution in [0.25, 0.3) is 0 Å². The molecule has 6 heteroatoms. The quantitative estimate of drug-likeness (QED) is 0.891. The number of halogens is 2. The highest BCUT2D eigenvalue weighted by atomic mass is 32.2. The fourth-order valence-electron chi connectivity index (χ4n) is 1.24. The van der Waals surface area contributed by atoms with Crippen LogP contribution in [-0.4, -0.2) is 20.2 Å². The van der Waals surface area contributed by atoms with Crippen molar-refractivity contribution in [3.8, 4) is 0 Å². The molecular weight excluding hydrogens is 236 g/mol. The summed E-state index contributed by atoms with van der Waals surface area (Å²) in [5.41, 5.74) is 0.206. The zero-order valence-electron chi connectivity index (χ0n) is 8.94. The van der Waals surface area contributed by atoms with Gasteiger partial charge in [0.2, 0.25) is 9.84 Å². The molecule has 90 valence electrons. The van der Waals surface area contributed by atoms with Crippen molar-refractivity contribution in [1.29, 1.82) is 0 Å². The van der Waals surface area contributed by atoms with Gasteiger partial charge in [-0.2, -0.15) is 8.78 Å².